The highest BCUT2D eigenvalue weighted by molar-refractivity contribution is 4.51. The Labute approximate surface area is 81.5 Å². The van der Waals surface area contributed by atoms with Crippen LogP contribution in [0.1, 0.15) is 27.2 Å². The van der Waals surface area contributed by atoms with E-state index in [2.05, 4.69) is 19.2 Å². The molecule has 0 rings (SSSR count). The fourth-order valence-electron chi connectivity index (χ4n) is 0.899. The summed E-state index contributed by atoms with van der Waals surface area (Å²) in [6.07, 6.45) is 0.605. The molecule has 1 atom stereocenters. The smallest absolute Gasteiger partial charge is 0.0591 e. The molecule has 80 valence electrons. The highest BCUT2D eigenvalue weighted by Crippen LogP contribution is 1.91. The van der Waals surface area contributed by atoms with Gasteiger partial charge in [0.05, 0.1) is 12.7 Å². The predicted octanol–water partition coefficient (Wildman–Crippen LogP) is 1.02. The molecule has 1 unspecified atom stereocenters. The Morgan fingerprint density at radius 1 is 1.23 bits per heavy atom. The van der Waals surface area contributed by atoms with Gasteiger partial charge >= 0.3 is 0 Å². The third-order valence-corrected chi connectivity index (χ3v) is 1.61. The van der Waals surface area contributed by atoms with Crippen molar-refractivity contribution in [2.45, 2.75) is 33.3 Å². The normalized spacial score (nSPS) is 13.6. The molecule has 13 heavy (non-hydrogen) atoms. The van der Waals surface area contributed by atoms with E-state index in [1.54, 1.807) is 6.92 Å². The van der Waals surface area contributed by atoms with E-state index in [9.17, 15) is 0 Å². The van der Waals surface area contributed by atoms with Crippen molar-refractivity contribution in [3.05, 3.63) is 0 Å². The van der Waals surface area contributed by atoms with E-state index >= 15 is 0 Å². The van der Waals surface area contributed by atoms with E-state index in [1.807, 2.05) is 0 Å². The van der Waals surface area contributed by atoms with Crippen LogP contribution in [0.15, 0.2) is 0 Å². The summed E-state index contributed by atoms with van der Waals surface area (Å²) < 4.78 is 5.38. The van der Waals surface area contributed by atoms with Crippen molar-refractivity contribution in [2.24, 2.45) is 5.92 Å². The summed E-state index contributed by atoms with van der Waals surface area (Å²) in [4.78, 5) is 0. The molecule has 0 amide bonds. The number of aliphatic hydroxyl groups is 1. The maximum atomic E-state index is 8.96. The summed E-state index contributed by atoms with van der Waals surface area (Å²) in [7, 11) is 0. The van der Waals surface area contributed by atoms with Gasteiger partial charge in [0.15, 0.2) is 0 Å². The van der Waals surface area contributed by atoms with Gasteiger partial charge in [-0.2, -0.15) is 0 Å². The Bertz CT molecular complexity index is 93.1. The lowest BCUT2D eigenvalue weighted by Crippen LogP contribution is -2.23. The molecular weight excluding hydrogens is 166 g/mol. The molecule has 0 aliphatic rings. The van der Waals surface area contributed by atoms with Crippen molar-refractivity contribution >= 4 is 0 Å². The van der Waals surface area contributed by atoms with Crippen molar-refractivity contribution in [1.82, 2.24) is 5.32 Å². The van der Waals surface area contributed by atoms with Crippen LogP contribution in [-0.4, -0.2) is 37.5 Å². The number of hydrogen-bond donors (Lipinski definition) is 2. The molecule has 3 heteroatoms. The first-order chi connectivity index (χ1) is 6.13. The fourth-order valence-corrected chi connectivity index (χ4v) is 0.899. The molecule has 0 aromatic rings. The average molecular weight is 189 g/mol. The maximum absolute atomic E-state index is 8.96. The van der Waals surface area contributed by atoms with E-state index in [-0.39, 0.29) is 6.10 Å². The van der Waals surface area contributed by atoms with E-state index in [4.69, 9.17) is 9.84 Å². The molecule has 0 saturated heterocycles. The van der Waals surface area contributed by atoms with Gasteiger partial charge in [-0.3, -0.25) is 0 Å². The van der Waals surface area contributed by atoms with Gasteiger partial charge in [0, 0.05) is 13.2 Å². The average Bonchev–Trinajstić information content (AvgIpc) is 2.01. The molecule has 0 bridgehead atoms. The second kappa shape index (κ2) is 8.48. The lowest BCUT2D eigenvalue weighted by Gasteiger charge is -2.08. The Morgan fingerprint density at radius 2 is 1.92 bits per heavy atom. The van der Waals surface area contributed by atoms with Crippen LogP contribution in [0, 0.1) is 5.92 Å². The summed E-state index contributed by atoms with van der Waals surface area (Å²) in [5, 5.41) is 12.2. The van der Waals surface area contributed by atoms with Crippen LogP contribution < -0.4 is 5.32 Å². The van der Waals surface area contributed by atoms with Gasteiger partial charge in [-0.25, -0.2) is 0 Å². The number of aliphatic hydroxyl groups excluding tert-OH is 1. The van der Waals surface area contributed by atoms with Gasteiger partial charge in [0.2, 0.25) is 0 Å². The number of nitrogens with one attached hydrogen (secondary N) is 1. The standard InChI is InChI=1S/C10H23NO2/c1-9(2)8-13-7-6-11-5-4-10(3)12/h9-12H,4-8H2,1-3H3. The first kappa shape index (κ1) is 12.9. The summed E-state index contributed by atoms with van der Waals surface area (Å²) >= 11 is 0. The third-order valence-electron chi connectivity index (χ3n) is 1.61. The zero-order chi connectivity index (χ0) is 10.1. The Balaban J connectivity index is 2.92. The molecule has 0 aromatic heterocycles. The van der Waals surface area contributed by atoms with Crippen molar-refractivity contribution in [1.29, 1.82) is 0 Å². The van der Waals surface area contributed by atoms with Crippen LogP contribution in [-0.2, 0) is 4.74 Å². The summed E-state index contributed by atoms with van der Waals surface area (Å²) in [5.41, 5.74) is 0. The number of rotatable bonds is 8. The predicted molar refractivity (Wildman–Crippen MR) is 54.8 cm³/mol. The monoisotopic (exact) mass is 189 g/mol. The first-order valence-corrected chi connectivity index (χ1v) is 5.09. The number of ether oxygens (including phenoxy) is 1. The zero-order valence-electron chi connectivity index (χ0n) is 9.05. The van der Waals surface area contributed by atoms with E-state index in [0.717, 1.165) is 32.7 Å². The molecule has 0 aliphatic heterocycles. The number of hydrogen-bond acceptors (Lipinski definition) is 3. The van der Waals surface area contributed by atoms with Crippen molar-refractivity contribution in [2.75, 3.05) is 26.3 Å². The van der Waals surface area contributed by atoms with Crippen LogP contribution in [0.4, 0.5) is 0 Å². The van der Waals surface area contributed by atoms with Crippen molar-refractivity contribution < 1.29 is 9.84 Å². The lowest BCUT2D eigenvalue weighted by atomic mass is 10.2. The highest BCUT2D eigenvalue weighted by atomic mass is 16.5. The van der Waals surface area contributed by atoms with Crippen LogP contribution in [0.5, 0.6) is 0 Å². The van der Waals surface area contributed by atoms with Crippen LogP contribution in [0.25, 0.3) is 0 Å². The molecule has 0 heterocycles. The lowest BCUT2D eigenvalue weighted by molar-refractivity contribution is 0.110. The molecule has 0 aromatic carbocycles. The minimum atomic E-state index is -0.205. The Morgan fingerprint density at radius 3 is 2.46 bits per heavy atom. The maximum Gasteiger partial charge on any atom is 0.0591 e. The molecule has 0 aliphatic carbocycles. The molecular formula is C10H23NO2. The Hall–Kier alpha value is -0.120. The third kappa shape index (κ3) is 11.9. The van der Waals surface area contributed by atoms with Gasteiger partial charge in [-0.05, 0) is 25.8 Å². The molecule has 0 radical (unpaired) electrons. The van der Waals surface area contributed by atoms with Crippen molar-refractivity contribution in [3.63, 3.8) is 0 Å². The summed E-state index contributed by atoms with van der Waals surface area (Å²) in [5.74, 6) is 0.609. The van der Waals surface area contributed by atoms with Gasteiger partial charge in [-0.1, -0.05) is 13.8 Å². The van der Waals surface area contributed by atoms with Gasteiger partial charge in [0.25, 0.3) is 0 Å². The minimum absolute atomic E-state index is 0.205. The molecule has 0 saturated carbocycles. The fraction of sp³-hybridized carbons (Fsp3) is 1.00. The molecule has 0 fully saturated rings. The van der Waals surface area contributed by atoms with Crippen LogP contribution in [0.3, 0.4) is 0 Å². The largest absolute Gasteiger partial charge is 0.393 e. The van der Waals surface area contributed by atoms with E-state index in [1.165, 1.54) is 0 Å². The van der Waals surface area contributed by atoms with Gasteiger partial charge in [0.1, 0.15) is 0 Å². The van der Waals surface area contributed by atoms with Gasteiger partial charge in [-0.15, -0.1) is 0 Å². The SMILES string of the molecule is CC(C)COCCNCCC(C)O. The topological polar surface area (TPSA) is 41.5 Å². The summed E-state index contributed by atoms with van der Waals surface area (Å²) in [6.45, 7) is 9.41. The second-order valence-corrected chi connectivity index (χ2v) is 3.86. The zero-order valence-corrected chi connectivity index (χ0v) is 9.05. The molecule has 2 N–H and O–H groups in total. The quantitative estimate of drug-likeness (QED) is 0.560. The Kier molecular flexibility index (Phi) is 8.40. The van der Waals surface area contributed by atoms with E-state index < -0.39 is 0 Å². The second-order valence-electron chi connectivity index (χ2n) is 3.86. The van der Waals surface area contributed by atoms with Crippen LogP contribution >= 0.6 is 0 Å². The van der Waals surface area contributed by atoms with Gasteiger partial charge < -0.3 is 15.2 Å². The highest BCUT2D eigenvalue weighted by Gasteiger charge is 1.95. The van der Waals surface area contributed by atoms with Crippen molar-refractivity contribution in [3.8, 4) is 0 Å². The van der Waals surface area contributed by atoms with Crippen LogP contribution in [0.2, 0.25) is 0 Å². The summed E-state index contributed by atoms with van der Waals surface area (Å²) in [6, 6.07) is 0. The molecule has 0 spiro atoms. The molecule has 3 nitrogen and oxygen atoms in total. The van der Waals surface area contributed by atoms with E-state index in [0.29, 0.717) is 5.92 Å². The first-order valence-electron chi connectivity index (χ1n) is 5.09. The minimum Gasteiger partial charge on any atom is -0.393 e.